The summed E-state index contributed by atoms with van der Waals surface area (Å²) >= 11 is 0. The number of benzene rings is 3. The molecule has 4 aromatic rings. The number of aromatic nitrogens is 2. The number of carbonyl (C=O) groups excluding carboxylic acids is 1. The fourth-order valence-electron chi connectivity index (χ4n) is 3.42. The van der Waals surface area contributed by atoms with Crippen LogP contribution in [0.3, 0.4) is 0 Å². The lowest BCUT2D eigenvalue weighted by molar-refractivity contribution is -0.124. The molecule has 1 aromatic heterocycles. The molecule has 1 atom stereocenters. The summed E-state index contributed by atoms with van der Waals surface area (Å²) in [5.41, 5.74) is 3.84. The first-order chi connectivity index (χ1) is 14.2. The summed E-state index contributed by atoms with van der Waals surface area (Å²) in [6.07, 6.45) is 0. The monoisotopic (exact) mass is 385 g/mol. The molecular formula is C24H23N3O2. The zero-order valence-corrected chi connectivity index (χ0v) is 16.5. The Morgan fingerprint density at radius 3 is 2.59 bits per heavy atom. The molecule has 0 aliphatic carbocycles. The van der Waals surface area contributed by atoms with E-state index in [0.29, 0.717) is 6.54 Å². The average Bonchev–Trinajstić information content (AvgIpc) is 3.17. The smallest absolute Gasteiger partial charge is 0.244 e. The Hall–Kier alpha value is -3.60. The van der Waals surface area contributed by atoms with Gasteiger partial charge in [-0.05, 0) is 30.7 Å². The van der Waals surface area contributed by atoms with Crippen LogP contribution in [0.15, 0.2) is 78.9 Å². The number of rotatable bonds is 6. The molecule has 0 aliphatic rings. The van der Waals surface area contributed by atoms with Crippen LogP contribution in [0.4, 0.5) is 0 Å². The van der Waals surface area contributed by atoms with Crippen LogP contribution in [0.25, 0.3) is 22.2 Å². The van der Waals surface area contributed by atoms with Crippen molar-refractivity contribution in [2.24, 2.45) is 0 Å². The highest BCUT2D eigenvalue weighted by Crippen LogP contribution is 2.29. The lowest BCUT2D eigenvalue weighted by atomic mass is 10.1. The number of nitrogens with one attached hydrogen (secondary N) is 1. The van der Waals surface area contributed by atoms with Crippen molar-refractivity contribution in [2.45, 2.75) is 19.5 Å². The average molecular weight is 385 g/mol. The van der Waals surface area contributed by atoms with Crippen LogP contribution in [-0.2, 0) is 11.3 Å². The van der Waals surface area contributed by atoms with Gasteiger partial charge in [-0.15, -0.1) is 0 Å². The van der Waals surface area contributed by atoms with Crippen LogP contribution in [0.1, 0.15) is 18.5 Å². The van der Waals surface area contributed by atoms with E-state index in [1.807, 2.05) is 85.8 Å². The quantitative estimate of drug-likeness (QED) is 0.528. The van der Waals surface area contributed by atoms with Gasteiger partial charge in [0.25, 0.3) is 0 Å². The number of nitrogens with zero attached hydrogens (tertiary/aromatic N) is 2. The Morgan fingerprint density at radius 1 is 1.03 bits per heavy atom. The minimum atomic E-state index is -0.442. The molecule has 5 nitrogen and oxygen atoms in total. The number of carbonyl (C=O) groups is 1. The molecule has 0 spiro atoms. The third kappa shape index (κ3) is 3.85. The van der Waals surface area contributed by atoms with Gasteiger partial charge in [-0.1, -0.05) is 60.7 Å². The van der Waals surface area contributed by atoms with E-state index in [0.717, 1.165) is 33.5 Å². The van der Waals surface area contributed by atoms with E-state index >= 15 is 0 Å². The fourth-order valence-corrected chi connectivity index (χ4v) is 3.42. The first kappa shape index (κ1) is 18.7. The van der Waals surface area contributed by atoms with E-state index in [2.05, 4.69) is 5.32 Å². The normalized spacial score (nSPS) is 11.9. The van der Waals surface area contributed by atoms with Crippen LogP contribution >= 0.6 is 0 Å². The minimum absolute atomic E-state index is 0.0827. The molecule has 3 aromatic carbocycles. The van der Waals surface area contributed by atoms with E-state index < -0.39 is 6.04 Å². The number of amides is 1. The van der Waals surface area contributed by atoms with Gasteiger partial charge in [0, 0.05) is 17.5 Å². The number of fused-ring (bicyclic) bond motifs is 1. The van der Waals surface area contributed by atoms with Crippen molar-refractivity contribution in [3.8, 4) is 17.0 Å². The van der Waals surface area contributed by atoms with Gasteiger partial charge in [0.15, 0.2) is 0 Å². The van der Waals surface area contributed by atoms with Gasteiger partial charge in [0.05, 0.1) is 12.6 Å². The Labute approximate surface area is 169 Å². The predicted octanol–water partition coefficient (Wildman–Crippen LogP) is 4.59. The number of methoxy groups -OCH3 is 1. The van der Waals surface area contributed by atoms with Crippen molar-refractivity contribution in [3.05, 3.63) is 84.4 Å². The minimum Gasteiger partial charge on any atom is -0.497 e. The zero-order chi connectivity index (χ0) is 20.2. The SMILES string of the molecule is COc1cccc(CNC(=O)C(C)n2nc(-c3ccccc3)c3ccccc32)c1. The molecule has 1 unspecified atom stereocenters. The third-order valence-corrected chi connectivity index (χ3v) is 5.01. The van der Waals surface area contributed by atoms with Crippen LogP contribution < -0.4 is 10.1 Å². The Kier molecular flexibility index (Phi) is 5.29. The van der Waals surface area contributed by atoms with Gasteiger partial charge in [-0.25, -0.2) is 0 Å². The Balaban J connectivity index is 1.59. The molecule has 0 saturated heterocycles. The summed E-state index contributed by atoms with van der Waals surface area (Å²) in [6, 6.07) is 25.3. The predicted molar refractivity (Wildman–Crippen MR) is 115 cm³/mol. The lowest BCUT2D eigenvalue weighted by Crippen LogP contribution is -2.31. The highest BCUT2D eigenvalue weighted by Gasteiger charge is 2.20. The molecule has 0 bridgehead atoms. The molecule has 0 radical (unpaired) electrons. The van der Waals surface area contributed by atoms with Gasteiger partial charge in [0.1, 0.15) is 17.5 Å². The molecule has 1 N–H and O–H groups in total. The van der Waals surface area contributed by atoms with Crippen molar-refractivity contribution in [3.63, 3.8) is 0 Å². The first-order valence-electron chi connectivity index (χ1n) is 9.60. The Bertz CT molecular complexity index is 1140. The zero-order valence-electron chi connectivity index (χ0n) is 16.5. The maximum atomic E-state index is 12.9. The number of ether oxygens (including phenoxy) is 1. The number of para-hydroxylation sites is 1. The molecule has 29 heavy (non-hydrogen) atoms. The second-order valence-electron chi connectivity index (χ2n) is 6.92. The fraction of sp³-hybridized carbons (Fsp3) is 0.167. The van der Waals surface area contributed by atoms with Crippen molar-refractivity contribution in [1.29, 1.82) is 0 Å². The van der Waals surface area contributed by atoms with Crippen molar-refractivity contribution in [2.75, 3.05) is 7.11 Å². The van der Waals surface area contributed by atoms with Gasteiger partial charge in [0.2, 0.25) is 5.91 Å². The summed E-state index contributed by atoms with van der Waals surface area (Å²) in [5, 5.41) is 8.84. The van der Waals surface area contributed by atoms with E-state index in [9.17, 15) is 4.79 Å². The molecule has 1 heterocycles. The second kappa shape index (κ2) is 8.19. The van der Waals surface area contributed by atoms with Gasteiger partial charge in [-0.2, -0.15) is 5.10 Å². The highest BCUT2D eigenvalue weighted by molar-refractivity contribution is 5.94. The van der Waals surface area contributed by atoms with Crippen LogP contribution in [0.2, 0.25) is 0 Å². The summed E-state index contributed by atoms with van der Waals surface area (Å²) in [4.78, 5) is 12.9. The van der Waals surface area contributed by atoms with Crippen molar-refractivity contribution >= 4 is 16.8 Å². The topological polar surface area (TPSA) is 56.1 Å². The molecule has 0 aliphatic heterocycles. The van der Waals surface area contributed by atoms with E-state index in [1.165, 1.54) is 0 Å². The summed E-state index contributed by atoms with van der Waals surface area (Å²) in [5.74, 6) is 0.691. The van der Waals surface area contributed by atoms with E-state index in [4.69, 9.17) is 9.84 Å². The van der Waals surface area contributed by atoms with E-state index in [-0.39, 0.29) is 5.91 Å². The summed E-state index contributed by atoms with van der Waals surface area (Å²) in [6.45, 7) is 2.31. The summed E-state index contributed by atoms with van der Waals surface area (Å²) in [7, 11) is 1.63. The number of hydrogen-bond acceptors (Lipinski definition) is 3. The highest BCUT2D eigenvalue weighted by atomic mass is 16.5. The standard InChI is InChI=1S/C24H23N3O2/c1-17(24(28)25-16-18-9-8-12-20(15-18)29-2)27-22-14-7-6-13-21(22)23(26-27)19-10-4-3-5-11-19/h3-15,17H,16H2,1-2H3,(H,25,28). The molecule has 4 rings (SSSR count). The molecular weight excluding hydrogens is 362 g/mol. The maximum absolute atomic E-state index is 12.9. The molecule has 0 saturated carbocycles. The summed E-state index contributed by atoms with van der Waals surface area (Å²) < 4.78 is 7.05. The molecule has 5 heteroatoms. The van der Waals surface area contributed by atoms with E-state index in [1.54, 1.807) is 11.8 Å². The largest absolute Gasteiger partial charge is 0.497 e. The third-order valence-electron chi connectivity index (χ3n) is 5.01. The molecule has 0 fully saturated rings. The molecule has 146 valence electrons. The van der Waals surface area contributed by atoms with Crippen molar-refractivity contribution in [1.82, 2.24) is 15.1 Å². The van der Waals surface area contributed by atoms with Crippen molar-refractivity contribution < 1.29 is 9.53 Å². The molecule has 1 amide bonds. The lowest BCUT2D eigenvalue weighted by Gasteiger charge is -2.14. The van der Waals surface area contributed by atoms with Crippen LogP contribution in [0.5, 0.6) is 5.75 Å². The van der Waals surface area contributed by atoms with Crippen LogP contribution in [0, 0.1) is 0 Å². The first-order valence-corrected chi connectivity index (χ1v) is 9.60. The van der Waals surface area contributed by atoms with Gasteiger partial charge >= 0.3 is 0 Å². The number of hydrogen-bond donors (Lipinski definition) is 1. The Morgan fingerprint density at radius 2 is 1.79 bits per heavy atom. The maximum Gasteiger partial charge on any atom is 0.244 e. The second-order valence-corrected chi connectivity index (χ2v) is 6.92. The van der Waals surface area contributed by atoms with Crippen LogP contribution in [-0.4, -0.2) is 22.8 Å². The van der Waals surface area contributed by atoms with Gasteiger partial charge < -0.3 is 10.1 Å². The van der Waals surface area contributed by atoms with Gasteiger partial charge in [-0.3, -0.25) is 9.48 Å².